The van der Waals surface area contributed by atoms with Crippen LogP contribution in [0.5, 0.6) is 0 Å². The Hall–Kier alpha value is -3.68. The van der Waals surface area contributed by atoms with Crippen LogP contribution in [-0.2, 0) is 14.6 Å². The molecule has 1 saturated heterocycles. The fourth-order valence-corrected chi connectivity index (χ4v) is 5.39. The maximum Gasteiger partial charge on any atom is 0.409 e. The standard InChI is InChI=1S/C22H21F3N4O6S/c1-2-35-22(32)28-9-7-27(8-10-28)19-16(24)17(15(23)18(25)26-19)36(33,34)12-11-29-20(30)13-5-3-4-6-14(13)21(29)31/h3-6H,2,7-12H2,1H3. The lowest BCUT2D eigenvalue weighted by atomic mass is 10.1. The Balaban J connectivity index is 1.55. The van der Waals surface area contributed by atoms with E-state index in [1.54, 1.807) is 6.92 Å². The molecule has 1 fully saturated rings. The molecule has 1 aromatic carbocycles. The Morgan fingerprint density at radius 3 is 2.14 bits per heavy atom. The molecule has 0 aliphatic carbocycles. The lowest BCUT2D eigenvalue weighted by Crippen LogP contribution is -2.49. The van der Waals surface area contributed by atoms with E-state index in [0.717, 1.165) is 0 Å². The van der Waals surface area contributed by atoms with Crippen LogP contribution in [-0.4, -0.2) is 86.2 Å². The minimum absolute atomic E-state index is 0.0394. The first kappa shape index (κ1) is 25.4. The smallest absolute Gasteiger partial charge is 0.409 e. The summed E-state index contributed by atoms with van der Waals surface area (Å²) < 4.78 is 74.8. The number of carbonyl (C=O) groups excluding carboxylic acids is 3. The summed E-state index contributed by atoms with van der Waals surface area (Å²) in [5.41, 5.74) is 0.160. The summed E-state index contributed by atoms with van der Waals surface area (Å²) in [4.78, 5) is 41.7. The van der Waals surface area contributed by atoms with Crippen LogP contribution in [0.4, 0.5) is 23.8 Å². The second kappa shape index (κ2) is 9.76. The number of hydrogen-bond donors (Lipinski definition) is 0. The first-order chi connectivity index (χ1) is 17.1. The normalized spacial score (nSPS) is 15.9. The molecule has 1 aromatic heterocycles. The van der Waals surface area contributed by atoms with Crippen LogP contribution in [0.1, 0.15) is 27.6 Å². The third-order valence-electron chi connectivity index (χ3n) is 5.86. The Morgan fingerprint density at radius 2 is 1.58 bits per heavy atom. The van der Waals surface area contributed by atoms with Gasteiger partial charge in [-0.3, -0.25) is 14.5 Å². The number of aromatic nitrogens is 1. The second-order valence-electron chi connectivity index (χ2n) is 7.98. The molecular formula is C22H21F3N4O6S. The van der Waals surface area contributed by atoms with Gasteiger partial charge in [-0.1, -0.05) is 12.1 Å². The van der Waals surface area contributed by atoms with Gasteiger partial charge < -0.3 is 14.5 Å². The zero-order valence-corrected chi connectivity index (χ0v) is 19.9. The van der Waals surface area contributed by atoms with E-state index >= 15 is 4.39 Å². The molecule has 3 amide bonds. The SMILES string of the molecule is CCOC(=O)N1CCN(c2nc(F)c(F)c(S(=O)(=O)CCN3C(=O)c4ccccc4C3=O)c2F)CC1. The van der Waals surface area contributed by atoms with Crippen LogP contribution in [0.15, 0.2) is 29.2 Å². The first-order valence-electron chi connectivity index (χ1n) is 11.0. The van der Waals surface area contributed by atoms with Crippen LogP contribution < -0.4 is 4.90 Å². The molecule has 36 heavy (non-hydrogen) atoms. The molecule has 192 valence electrons. The van der Waals surface area contributed by atoms with Crippen LogP contribution in [0.25, 0.3) is 0 Å². The number of halogens is 3. The molecule has 0 unspecified atom stereocenters. The van der Waals surface area contributed by atoms with Crippen molar-refractivity contribution in [2.75, 3.05) is 50.0 Å². The Bertz CT molecular complexity index is 1310. The number of ether oxygens (including phenoxy) is 1. The Kier molecular flexibility index (Phi) is 6.89. The molecule has 3 heterocycles. The molecule has 4 rings (SSSR count). The summed E-state index contributed by atoms with van der Waals surface area (Å²) in [6, 6.07) is 5.86. The van der Waals surface area contributed by atoms with Gasteiger partial charge in [-0.25, -0.2) is 22.0 Å². The zero-order valence-electron chi connectivity index (χ0n) is 19.0. The zero-order chi connectivity index (χ0) is 26.2. The van der Waals surface area contributed by atoms with Gasteiger partial charge in [0.05, 0.1) is 23.5 Å². The number of imide groups is 1. The summed E-state index contributed by atoms with van der Waals surface area (Å²) in [5, 5.41) is 0. The highest BCUT2D eigenvalue weighted by Gasteiger charge is 2.38. The number of nitrogens with zero attached hydrogens (tertiary/aromatic N) is 4. The number of anilines is 1. The van der Waals surface area contributed by atoms with Gasteiger partial charge in [0.25, 0.3) is 17.8 Å². The van der Waals surface area contributed by atoms with Gasteiger partial charge in [0.2, 0.25) is 0 Å². The average molecular weight is 526 g/mol. The molecule has 0 saturated carbocycles. The van der Waals surface area contributed by atoms with E-state index in [1.807, 2.05) is 0 Å². The van der Waals surface area contributed by atoms with Gasteiger partial charge in [0.15, 0.2) is 27.3 Å². The van der Waals surface area contributed by atoms with Crippen LogP contribution in [0, 0.1) is 17.6 Å². The Morgan fingerprint density at radius 1 is 1.00 bits per heavy atom. The van der Waals surface area contributed by atoms with Crippen molar-refractivity contribution in [1.29, 1.82) is 0 Å². The van der Waals surface area contributed by atoms with Crippen molar-refractivity contribution in [3.8, 4) is 0 Å². The van der Waals surface area contributed by atoms with E-state index in [1.165, 1.54) is 34.1 Å². The number of benzene rings is 1. The van der Waals surface area contributed by atoms with Crippen LogP contribution in [0.3, 0.4) is 0 Å². The molecule has 14 heteroatoms. The predicted molar refractivity (Wildman–Crippen MR) is 119 cm³/mol. The largest absolute Gasteiger partial charge is 0.450 e. The van der Waals surface area contributed by atoms with Crippen molar-refractivity contribution < 1.29 is 40.7 Å². The molecule has 0 spiro atoms. The fraction of sp³-hybridized carbons (Fsp3) is 0.364. The third kappa shape index (κ3) is 4.47. The molecule has 2 aliphatic rings. The molecule has 0 atom stereocenters. The van der Waals surface area contributed by atoms with Crippen LogP contribution >= 0.6 is 0 Å². The minimum Gasteiger partial charge on any atom is -0.450 e. The van der Waals surface area contributed by atoms with Crippen molar-refractivity contribution in [2.45, 2.75) is 11.8 Å². The summed E-state index contributed by atoms with van der Waals surface area (Å²) >= 11 is 0. The highest BCUT2D eigenvalue weighted by molar-refractivity contribution is 7.91. The monoisotopic (exact) mass is 526 g/mol. The van der Waals surface area contributed by atoms with Crippen molar-refractivity contribution >= 4 is 33.6 Å². The van der Waals surface area contributed by atoms with E-state index in [4.69, 9.17) is 4.74 Å². The van der Waals surface area contributed by atoms with E-state index in [2.05, 4.69) is 4.98 Å². The predicted octanol–water partition coefficient (Wildman–Crippen LogP) is 1.85. The maximum atomic E-state index is 15.3. The van der Waals surface area contributed by atoms with Crippen molar-refractivity contribution in [2.24, 2.45) is 0 Å². The molecule has 0 N–H and O–H groups in total. The topological polar surface area (TPSA) is 117 Å². The number of carbonyl (C=O) groups is 3. The van der Waals surface area contributed by atoms with Crippen molar-refractivity contribution in [3.63, 3.8) is 0 Å². The highest BCUT2D eigenvalue weighted by Crippen LogP contribution is 2.30. The number of hydrogen-bond acceptors (Lipinski definition) is 8. The molecule has 0 radical (unpaired) electrons. The van der Waals surface area contributed by atoms with E-state index < -0.39 is 68.3 Å². The van der Waals surface area contributed by atoms with Gasteiger partial charge in [0, 0.05) is 32.7 Å². The third-order valence-corrected chi connectivity index (χ3v) is 7.56. The molecular weight excluding hydrogens is 505 g/mol. The Labute approximate surface area is 204 Å². The average Bonchev–Trinajstić information content (AvgIpc) is 3.10. The van der Waals surface area contributed by atoms with Gasteiger partial charge in [-0.2, -0.15) is 9.37 Å². The van der Waals surface area contributed by atoms with Crippen LogP contribution in [0.2, 0.25) is 0 Å². The fourth-order valence-electron chi connectivity index (χ4n) is 4.04. The molecule has 2 aliphatic heterocycles. The molecule has 2 aromatic rings. The number of amides is 3. The lowest BCUT2D eigenvalue weighted by molar-refractivity contribution is 0.0663. The summed E-state index contributed by atoms with van der Waals surface area (Å²) in [6.45, 7) is 1.13. The van der Waals surface area contributed by atoms with E-state index in [9.17, 15) is 31.6 Å². The maximum absolute atomic E-state index is 15.3. The summed E-state index contributed by atoms with van der Waals surface area (Å²) in [6.07, 6.45) is -0.590. The summed E-state index contributed by atoms with van der Waals surface area (Å²) in [7, 11) is -4.85. The van der Waals surface area contributed by atoms with Gasteiger partial charge >= 0.3 is 6.09 Å². The lowest BCUT2D eigenvalue weighted by Gasteiger charge is -2.35. The number of rotatable bonds is 6. The quantitative estimate of drug-likeness (QED) is 0.414. The van der Waals surface area contributed by atoms with Crippen molar-refractivity contribution in [3.05, 3.63) is 53.0 Å². The van der Waals surface area contributed by atoms with E-state index in [0.29, 0.717) is 4.90 Å². The molecule has 10 nitrogen and oxygen atoms in total. The molecule has 0 bridgehead atoms. The van der Waals surface area contributed by atoms with E-state index in [-0.39, 0.29) is 43.9 Å². The number of sulfone groups is 1. The van der Waals surface area contributed by atoms with Crippen molar-refractivity contribution in [1.82, 2.24) is 14.8 Å². The highest BCUT2D eigenvalue weighted by atomic mass is 32.2. The number of pyridine rings is 1. The number of fused-ring (bicyclic) bond motifs is 1. The number of piperazine rings is 1. The second-order valence-corrected chi connectivity index (χ2v) is 10.0. The minimum atomic E-state index is -4.85. The first-order valence-corrected chi connectivity index (χ1v) is 12.6. The van der Waals surface area contributed by atoms with Gasteiger partial charge in [-0.15, -0.1) is 0 Å². The van der Waals surface area contributed by atoms with Gasteiger partial charge in [0.1, 0.15) is 4.90 Å². The van der Waals surface area contributed by atoms with Gasteiger partial charge in [-0.05, 0) is 19.1 Å². The summed E-state index contributed by atoms with van der Waals surface area (Å²) in [5.74, 6) is -8.66.